The molecule has 2 aliphatic rings. The van der Waals surface area contributed by atoms with E-state index in [1.807, 2.05) is 18.7 Å². The minimum Gasteiger partial charge on any atom is -0.332 e. The third-order valence-electron chi connectivity index (χ3n) is 3.53. The van der Waals surface area contributed by atoms with E-state index in [-0.39, 0.29) is 6.03 Å². The van der Waals surface area contributed by atoms with E-state index < -0.39 is 0 Å². The van der Waals surface area contributed by atoms with Crippen molar-refractivity contribution in [3.8, 4) is 0 Å². The molecule has 0 radical (unpaired) electrons. The molecule has 0 aromatic rings. The van der Waals surface area contributed by atoms with Crippen LogP contribution in [-0.4, -0.2) is 34.9 Å². The molecule has 2 aliphatic heterocycles. The van der Waals surface area contributed by atoms with Crippen LogP contribution in [0, 0.1) is 0 Å². The third-order valence-corrected chi connectivity index (χ3v) is 5.04. The van der Waals surface area contributed by atoms with Crippen LogP contribution >= 0.6 is 11.8 Å². The Labute approximate surface area is 106 Å². The molecule has 4 nitrogen and oxygen atoms in total. The van der Waals surface area contributed by atoms with Gasteiger partial charge >= 0.3 is 6.03 Å². The minimum absolute atomic E-state index is 0.0218. The van der Waals surface area contributed by atoms with Gasteiger partial charge in [-0.25, -0.2) is 4.79 Å². The predicted molar refractivity (Wildman–Crippen MR) is 69.3 cm³/mol. The monoisotopic (exact) mass is 256 g/mol. The molecule has 2 unspecified atom stereocenters. The maximum atomic E-state index is 11.2. The molecular weight excluding hydrogens is 236 g/mol. The van der Waals surface area contributed by atoms with Gasteiger partial charge in [0.05, 0.1) is 12.1 Å². The highest BCUT2D eigenvalue weighted by molar-refractivity contribution is 8.00. The summed E-state index contributed by atoms with van der Waals surface area (Å²) in [5, 5.41) is 6.45. The summed E-state index contributed by atoms with van der Waals surface area (Å²) in [6, 6.07) is 0.593. The smallest absolute Gasteiger partial charge is 0.315 e. The maximum absolute atomic E-state index is 11.2. The largest absolute Gasteiger partial charge is 0.332 e. The molecule has 2 saturated heterocycles. The van der Waals surface area contributed by atoms with Gasteiger partial charge in [-0.1, -0.05) is 13.3 Å². The molecule has 96 valence electrons. The first-order chi connectivity index (χ1) is 8.20. The molecule has 2 amide bonds. The van der Waals surface area contributed by atoms with Crippen molar-refractivity contribution in [2.45, 2.75) is 56.4 Å². The van der Waals surface area contributed by atoms with Gasteiger partial charge in [-0.05, 0) is 12.8 Å². The molecule has 0 spiro atoms. The highest BCUT2D eigenvalue weighted by Gasteiger charge is 2.42. The van der Waals surface area contributed by atoms with Gasteiger partial charge in [0.2, 0.25) is 0 Å². The standard InChI is InChI=1S/C12H20N2O2S/c1-2-8(15)5-3-4-6-10-11-9(7-17-10)13-12(16)14-11/h9-11H,2-7H2,1H3,(H2,13,14,16)/t9?,10-,11?/m0/s1. The number of hydrogen-bond acceptors (Lipinski definition) is 3. The lowest BCUT2D eigenvalue weighted by atomic mass is 10.0. The van der Waals surface area contributed by atoms with Crippen molar-refractivity contribution in [2.24, 2.45) is 0 Å². The van der Waals surface area contributed by atoms with Gasteiger partial charge in [0.1, 0.15) is 5.78 Å². The first kappa shape index (κ1) is 12.7. The normalized spacial score (nSPS) is 30.9. The number of amides is 2. The van der Waals surface area contributed by atoms with Crippen molar-refractivity contribution in [1.29, 1.82) is 0 Å². The van der Waals surface area contributed by atoms with Crippen molar-refractivity contribution in [1.82, 2.24) is 10.6 Å². The first-order valence-corrected chi connectivity index (χ1v) is 7.46. The van der Waals surface area contributed by atoms with Crippen LogP contribution < -0.4 is 10.6 Å². The molecule has 0 aliphatic carbocycles. The van der Waals surface area contributed by atoms with Gasteiger partial charge in [-0.3, -0.25) is 4.79 Å². The van der Waals surface area contributed by atoms with Crippen molar-refractivity contribution in [3.05, 3.63) is 0 Å². The lowest BCUT2D eigenvalue weighted by molar-refractivity contribution is -0.118. The number of rotatable bonds is 6. The molecule has 2 N–H and O–H groups in total. The van der Waals surface area contributed by atoms with Crippen molar-refractivity contribution < 1.29 is 9.59 Å². The van der Waals surface area contributed by atoms with Crippen LogP contribution in [0.2, 0.25) is 0 Å². The SMILES string of the molecule is CCC(=O)CCCC[C@@H]1SCC2NC(=O)NC21. The van der Waals surface area contributed by atoms with Gasteiger partial charge in [-0.2, -0.15) is 11.8 Å². The summed E-state index contributed by atoms with van der Waals surface area (Å²) in [6.45, 7) is 1.92. The second kappa shape index (κ2) is 5.76. The van der Waals surface area contributed by atoms with Crippen LogP contribution in [-0.2, 0) is 4.79 Å². The summed E-state index contributed by atoms with van der Waals surface area (Å²) in [5.41, 5.74) is 0. The molecule has 0 bridgehead atoms. The quantitative estimate of drug-likeness (QED) is 0.561. The van der Waals surface area contributed by atoms with E-state index in [4.69, 9.17) is 0 Å². The number of hydrogen-bond donors (Lipinski definition) is 2. The predicted octanol–water partition coefficient (Wildman–Crippen LogP) is 1.69. The fourth-order valence-electron chi connectivity index (χ4n) is 2.49. The number of unbranched alkanes of at least 4 members (excludes halogenated alkanes) is 1. The Hall–Kier alpha value is -0.710. The van der Waals surface area contributed by atoms with E-state index in [9.17, 15) is 9.59 Å². The number of urea groups is 1. The van der Waals surface area contributed by atoms with E-state index in [2.05, 4.69) is 10.6 Å². The molecule has 0 aromatic carbocycles. The molecule has 2 fully saturated rings. The summed E-state index contributed by atoms with van der Waals surface area (Å²) < 4.78 is 0. The number of nitrogens with one attached hydrogen (secondary N) is 2. The lowest BCUT2D eigenvalue weighted by Gasteiger charge is -2.16. The van der Waals surface area contributed by atoms with Gasteiger partial charge in [-0.15, -0.1) is 0 Å². The van der Waals surface area contributed by atoms with Gasteiger partial charge in [0.25, 0.3) is 0 Å². The minimum atomic E-state index is -0.0218. The van der Waals surface area contributed by atoms with E-state index in [0.29, 0.717) is 36.0 Å². The fraction of sp³-hybridized carbons (Fsp3) is 0.833. The number of Topliss-reactive ketones (excluding diaryl/α,β-unsaturated/α-hetero) is 1. The highest BCUT2D eigenvalue weighted by Crippen LogP contribution is 2.33. The third kappa shape index (κ3) is 3.15. The maximum Gasteiger partial charge on any atom is 0.315 e. The van der Waals surface area contributed by atoms with Crippen LogP contribution in [0.25, 0.3) is 0 Å². The number of carbonyl (C=O) groups excluding carboxylic acids is 2. The van der Waals surface area contributed by atoms with Gasteiger partial charge in [0, 0.05) is 23.8 Å². The van der Waals surface area contributed by atoms with Crippen LogP contribution in [0.1, 0.15) is 39.0 Å². The van der Waals surface area contributed by atoms with E-state index in [1.165, 1.54) is 0 Å². The second-order valence-corrected chi connectivity index (χ2v) is 6.03. The second-order valence-electron chi connectivity index (χ2n) is 4.76. The number of carbonyl (C=O) groups is 2. The summed E-state index contributed by atoms with van der Waals surface area (Å²) in [4.78, 5) is 22.3. The van der Waals surface area contributed by atoms with Gasteiger partial charge < -0.3 is 10.6 Å². The average Bonchev–Trinajstić information content (AvgIpc) is 2.84. The molecule has 5 heteroatoms. The van der Waals surface area contributed by atoms with Crippen molar-refractivity contribution >= 4 is 23.6 Å². The van der Waals surface area contributed by atoms with E-state index in [1.54, 1.807) is 0 Å². The van der Waals surface area contributed by atoms with Crippen LogP contribution in [0.5, 0.6) is 0 Å². The fourth-order valence-corrected chi connectivity index (χ4v) is 4.03. The molecule has 2 heterocycles. The van der Waals surface area contributed by atoms with Crippen molar-refractivity contribution in [2.75, 3.05) is 5.75 Å². The van der Waals surface area contributed by atoms with Gasteiger partial charge in [0.15, 0.2) is 0 Å². The Bertz CT molecular complexity index is 309. The zero-order valence-electron chi connectivity index (χ0n) is 10.2. The van der Waals surface area contributed by atoms with Crippen LogP contribution in [0.4, 0.5) is 4.79 Å². The summed E-state index contributed by atoms with van der Waals surface area (Å²) in [7, 11) is 0. The molecular formula is C12H20N2O2S. The highest BCUT2D eigenvalue weighted by atomic mass is 32.2. The van der Waals surface area contributed by atoms with Crippen LogP contribution in [0.3, 0.4) is 0 Å². The number of ketones is 1. The van der Waals surface area contributed by atoms with Crippen LogP contribution in [0.15, 0.2) is 0 Å². The first-order valence-electron chi connectivity index (χ1n) is 6.41. The number of thioether (sulfide) groups is 1. The summed E-state index contributed by atoms with van der Waals surface area (Å²) in [6.07, 6.45) is 4.55. The Balaban J connectivity index is 1.66. The molecule has 3 atom stereocenters. The molecule has 17 heavy (non-hydrogen) atoms. The Morgan fingerprint density at radius 1 is 1.41 bits per heavy atom. The molecule has 0 saturated carbocycles. The average molecular weight is 256 g/mol. The summed E-state index contributed by atoms with van der Waals surface area (Å²) in [5.74, 6) is 1.37. The zero-order valence-corrected chi connectivity index (χ0v) is 11.0. The van der Waals surface area contributed by atoms with E-state index >= 15 is 0 Å². The zero-order chi connectivity index (χ0) is 12.3. The Kier molecular flexibility index (Phi) is 4.31. The lowest BCUT2D eigenvalue weighted by Crippen LogP contribution is -2.36. The molecule has 2 rings (SSSR count). The Morgan fingerprint density at radius 3 is 3.00 bits per heavy atom. The number of fused-ring (bicyclic) bond motifs is 1. The van der Waals surface area contributed by atoms with E-state index in [0.717, 1.165) is 25.0 Å². The van der Waals surface area contributed by atoms with Crippen molar-refractivity contribution in [3.63, 3.8) is 0 Å². The topological polar surface area (TPSA) is 58.2 Å². The summed E-state index contributed by atoms with van der Waals surface area (Å²) >= 11 is 1.94. The molecule has 0 aromatic heterocycles. The Morgan fingerprint density at radius 2 is 2.24 bits per heavy atom.